The van der Waals surface area contributed by atoms with Gasteiger partial charge in [0.25, 0.3) is 0 Å². The Hall–Kier alpha value is -2.05. The highest BCUT2D eigenvalue weighted by molar-refractivity contribution is 5.82. The van der Waals surface area contributed by atoms with E-state index >= 15 is 0 Å². The van der Waals surface area contributed by atoms with Crippen LogP contribution in [0, 0.1) is 0 Å². The first-order valence-electron chi connectivity index (χ1n) is 4.89. The fraction of sp³-hybridized carbons (Fsp3) is 0.444. The van der Waals surface area contributed by atoms with E-state index in [0.717, 1.165) is 0 Å². The van der Waals surface area contributed by atoms with E-state index in [9.17, 15) is 9.59 Å². The molecule has 0 unspecified atom stereocenters. The average Bonchev–Trinajstić information content (AvgIpc) is 2.75. The number of imidazole rings is 1. The second-order valence-electron chi connectivity index (χ2n) is 3.16. The van der Waals surface area contributed by atoms with Gasteiger partial charge in [-0.2, -0.15) is 0 Å². The fourth-order valence-corrected chi connectivity index (χ4v) is 1.11. The van der Waals surface area contributed by atoms with Crippen LogP contribution in [0.5, 0.6) is 0 Å². The topological polar surface area (TPSA) is 107 Å². The van der Waals surface area contributed by atoms with Gasteiger partial charge in [0.1, 0.15) is 11.9 Å². The molecule has 1 aromatic heterocycles. The number of rotatable bonds is 5. The smallest absolute Gasteiger partial charge is 0.326 e. The predicted octanol–water partition coefficient (Wildman–Crippen LogP) is 0.0721. The minimum absolute atomic E-state index is 0.231. The monoisotopic (exact) mass is 226 g/mol. The van der Waals surface area contributed by atoms with Crippen LogP contribution in [0.25, 0.3) is 0 Å². The van der Waals surface area contributed by atoms with Crippen molar-refractivity contribution in [3.63, 3.8) is 0 Å². The van der Waals surface area contributed by atoms with Crippen LogP contribution in [-0.2, 0) is 11.3 Å². The number of carbonyl (C=O) groups is 2. The van der Waals surface area contributed by atoms with Crippen molar-refractivity contribution < 1.29 is 14.7 Å². The number of nitrogens with one attached hydrogen (secondary N) is 3. The van der Waals surface area contributed by atoms with Crippen molar-refractivity contribution >= 4 is 12.0 Å². The first kappa shape index (κ1) is 12.0. The Morgan fingerprint density at radius 2 is 2.38 bits per heavy atom. The summed E-state index contributed by atoms with van der Waals surface area (Å²) < 4.78 is 0. The lowest BCUT2D eigenvalue weighted by Crippen LogP contribution is -2.45. The van der Waals surface area contributed by atoms with Crippen molar-refractivity contribution in [1.29, 1.82) is 0 Å². The normalized spacial score (nSPS) is 11.8. The third-order valence-corrected chi connectivity index (χ3v) is 1.98. The number of amides is 2. The minimum Gasteiger partial charge on any atom is -0.480 e. The number of carboxylic acid groups (broad SMARTS) is 1. The first-order valence-corrected chi connectivity index (χ1v) is 4.89. The summed E-state index contributed by atoms with van der Waals surface area (Å²) in [6.45, 7) is 1.92. The average molecular weight is 226 g/mol. The van der Waals surface area contributed by atoms with E-state index in [1.54, 1.807) is 19.3 Å². The van der Waals surface area contributed by atoms with Crippen molar-refractivity contribution in [2.45, 2.75) is 25.9 Å². The molecule has 1 aromatic rings. The molecule has 7 heteroatoms. The standard InChI is InChI=1S/C9H14N4O3/c1-2-6(8(14)15)13-9(16)12-5-7-10-3-4-11-7/h3-4,6H,2,5H2,1H3,(H,10,11)(H,14,15)(H2,12,13,16)/t6-/m0/s1. The van der Waals surface area contributed by atoms with Crippen LogP contribution in [0.15, 0.2) is 12.4 Å². The van der Waals surface area contributed by atoms with Crippen LogP contribution in [0.4, 0.5) is 4.79 Å². The summed E-state index contributed by atoms with van der Waals surface area (Å²) in [6, 6.07) is -1.39. The van der Waals surface area contributed by atoms with Gasteiger partial charge in [0, 0.05) is 12.4 Å². The van der Waals surface area contributed by atoms with Crippen molar-refractivity contribution in [1.82, 2.24) is 20.6 Å². The Morgan fingerprint density at radius 1 is 1.62 bits per heavy atom. The van der Waals surface area contributed by atoms with Crippen molar-refractivity contribution in [2.75, 3.05) is 0 Å². The van der Waals surface area contributed by atoms with Crippen molar-refractivity contribution in [3.8, 4) is 0 Å². The summed E-state index contributed by atoms with van der Waals surface area (Å²) in [5.41, 5.74) is 0. The quantitative estimate of drug-likeness (QED) is 0.570. The van der Waals surface area contributed by atoms with Crippen LogP contribution < -0.4 is 10.6 Å². The molecule has 0 saturated heterocycles. The SMILES string of the molecule is CC[C@H](NC(=O)NCc1ncc[nH]1)C(=O)O. The Labute approximate surface area is 92.3 Å². The highest BCUT2D eigenvalue weighted by Gasteiger charge is 2.16. The molecule has 1 heterocycles. The zero-order valence-corrected chi connectivity index (χ0v) is 8.86. The second kappa shape index (κ2) is 5.74. The van der Waals surface area contributed by atoms with Crippen LogP contribution in [0.1, 0.15) is 19.2 Å². The molecule has 0 aliphatic carbocycles. The third kappa shape index (κ3) is 3.60. The molecule has 7 nitrogen and oxygen atoms in total. The molecule has 0 aliphatic heterocycles. The van der Waals surface area contributed by atoms with Gasteiger partial charge in [-0.15, -0.1) is 0 Å². The number of carboxylic acids is 1. The van der Waals surface area contributed by atoms with Gasteiger partial charge in [0.05, 0.1) is 6.54 Å². The molecule has 4 N–H and O–H groups in total. The summed E-state index contributed by atoms with van der Waals surface area (Å²) in [5, 5.41) is 13.5. The van der Waals surface area contributed by atoms with E-state index in [1.807, 2.05) is 0 Å². The highest BCUT2D eigenvalue weighted by atomic mass is 16.4. The summed E-state index contributed by atoms with van der Waals surface area (Å²) >= 11 is 0. The van der Waals surface area contributed by atoms with E-state index in [1.165, 1.54) is 0 Å². The second-order valence-corrected chi connectivity index (χ2v) is 3.16. The highest BCUT2D eigenvalue weighted by Crippen LogP contribution is 1.91. The number of carbonyl (C=O) groups excluding carboxylic acids is 1. The predicted molar refractivity (Wildman–Crippen MR) is 55.7 cm³/mol. The summed E-state index contributed by atoms with van der Waals surface area (Å²) in [6.07, 6.45) is 3.55. The number of aromatic nitrogens is 2. The lowest BCUT2D eigenvalue weighted by Gasteiger charge is -2.12. The van der Waals surface area contributed by atoms with Gasteiger partial charge in [-0.1, -0.05) is 6.92 Å². The maximum absolute atomic E-state index is 11.3. The molecule has 0 saturated carbocycles. The number of hydrogen-bond donors (Lipinski definition) is 4. The summed E-state index contributed by atoms with van der Waals surface area (Å²) in [7, 11) is 0. The molecule has 0 fully saturated rings. The summed E-state index contributed by atoms with van der Waals surface area (Å²) in [5.74, 6) is -0.436. The molecule has 0 aromatic carbocycles. The summed E-state index contributed by atoms with van der Waals surface area (Å²) in [4.78, 5) is 28.6. The maximum atomic E-state index is 11.3. The van der Waals surface area contributed by atoms with Gasteiger partial charge in [-0.05, 0) is 6.42 Å². The van der Waals surface area contributed by atoms with Crippen molar-refractivity contribution in [2.24, 2.45) is 0 Å². The van der Waals surface area contributed by atoms with Crippen molar-refractivity contribution in [3.05, 3.63) is 18.2 Å². The van der Waals surface area contributed by atoms with Crippen LogP contribution in [0.3, 0.4) is 0 Å². The van der Waals surface area contributed by atoms with E-state index < -0.39 is 18.0 Å². The molecule has 16 heavy (non-hydrogen) atoms. The van der Waals surface area contributed by atoms with Gasteiger partial charge in [0.2, 0.25) is 0 Å². The molecule has 1 atom stereocenters. The molecule has 88 valence electrons. The number of hydrogen-bond acceptors (Lipinski definition) is 3. The van der Waals surface area contributed by atoms with Crippen LogP contribution in [0.2, 0.25) is 0 Å². The van der Waals surface area contributed by atoms with E-state index in [2.05, 4.69) is 20.6 Å². The van der Waals surface area contributed by atoms with E-state index in [4.69, 9.17) is 5.11 Å². The number of urea groups is 1. The van der Waals surface area contributed by atoms with Gasteiger partial charge in [0.15, 0.2) is 0 Å². The van der Waals surface area contributed by atoms with E-state index in [-0.39, 0.29) is 6.54 Å². The fourth-order valence-electron chi connectivity index (χ4n) is 1.11. The molecule has 0 spiro atoms. The molecule has 2 amide bonds. The lowest BCUT2D eigenvalue weighted by atomic mass is 10.2. The number of nitrogens with zero attached hydrogens (tertiary/aromatic N) is 1. The Morgan fingerprint density at radius 3 is 2.88 bits per heavy atom. The molecular weight excluding hydrogens is 212 g/mol. The van der Waals surface area contributed by atoms with Gasteiger partial charge in [-0.3, -0.25) is 0 Å². The number of aromatic amines is 1. The minimum atomic E-state index is -1.05. The number of aliphatic carboxylic acids is 1. The largest absolute Gasteiger partial charge is 0.480 e. The van der Waals surface area contributed by atoms with Gasteiger partial charge >= 0.3 is 12.0 Å². The molecule has 0 radical (unpaired) electrons. The third-order valence-electron chi connectivity index (χ3n) is 1.98. The van der Waals surface area contributed by atoms with Gasteiger partial charge in [-0.25, -0.2) is 14.6 Å². The molecule has 0 aliphatic rings. The lowest BCUT2D eigenvalue weighted by molar-refractivity contribution is -0.139. The molecule has 1 rings (SSSR count). The first-order chi connectivity index (χ1) is 7.63. The Kier molecular flexibility index (Phi) is 4.31. The zero-order chi connectivity index (χ0) is 12.0. The van der Waals surface area contributed by atoms with E-state index in [0.29, 0.717) is 12.2 Å². The maximum Gasteiger partial charge on any atom is 0.326 e. The number of H-pyrrole nitrogens is 1. The molecular formula is C9H14N4O3. The zero-order valence-electron chi connectivity index (χ0n) is 8.86. The van der Waals surface area contributed by atoms with Crippen LogP contribution >= 0.6 is 0 Å². The van der Waals surface area contributed by atoms with Crippen LogP contribution in [-0.4, -0.2) is 33.1 Å². The molecule has 0 bridgehead atoms. The van der Waals surface area contributed by atoms with Gasteiger partial charge < -0.3 is 20.7 Å². The Balaban J connectivity index is 2.33. The Bertz CT molecular complexity index is 350.